The molecule has 0 spiro atoms. The number of benzene rings is 1. The number of hydrogen-bond acceptors (Lipinski definition) is 2. The van der Waals surface area contributed by atoms with E-state index in [1.807, 2.05) is 0 Å². The monoisotopic (exact) mass is 312 g/mol. The minimum absolute atomic E-state index is 0.158. The summed E-state index contributed by atoms with van der Waals surface area (Å²) in [5, 5.41) is 4.21. The minimum Gasteiger partial charge on any atom is -0.311 e. The lowest BCUT2D eigenvalue weighted by molar-refractivity contribution is 0.104. The van der Waals surface area contributed by atoms with E-state index in [0.717, 1.165) is 25.9 Å². The quantitative estimate of drug-likeness (QED) is 0.881. The summed E-state index contributed by atoms with van der Waals surface area (Å²) in [4.78, 5) is 2.42. The minimum atomic E-state index is -0.158. The van der Waals surface area contributed by atoms with Crippen LogP contribution in [-0.2, 0) is 6.54 Å². The Morgan fingerprint density at radius 1 is 1.43 bits per heavy atom. The molecule has 2 unspecified atom stereocenters. The molecule has 1 heterocycles. The van der Waals surface area contributed by atoms with Crippen molar-refractivity contribution < 1.29 is 4.39 Å². The summed E-state index contributed by atoms with van der Waals surface area (Å²) < 4.78 is 14.0. The van der Waals surface area contributed by atoms with Crippen LogP contribution in [0.3, 0.4) is 0 Å². The molecule has 1 fully saturated rings. The van der Waals surface area contributed by atoms with Crippen molar-refractivity contribution in [1.29, 1.82) is 0 Å². The maximum atomic E-state index is 14.0. The molecule has 1 aliphatic rings. The van der Waals surface area contributed by atoms with E-state index in [1.54, 1.807) is 12.1 Å². The fraction of sp³-hybridized carbons (Fsp3) is 0.647. The largest absolute Gasteiger partial charge is 0.311 e. The Labute approximate surface area is 132 Å². The van der Waals surface area contributed by atoms with Gasteiger partial charge in [-0.2, -0.15) is 0 Å². The van der Waals surface area contributed by atoms with Gasteiger partial charge in [0, 0.05) is 42.3 Å². The fourth-order valence-corrected chi connectivity index (χ4v) is 3.25. The predicted octanol–water partition coefficient (Wildman–Crippen LogP) is 4.08. The summed E-state index contributed by atoms with van der Waals surface area (Å²) in [6.07, 6.45) is 2.23. The van der Waals surface area contributed by atoms with Gasteiger partial charge in [-0.1, -0.05) is 32.4 Å². The summed E-state index contributed by atoms with van der Waals surface area (Å²) >= 11 is 6.01. The van der Waals surface area contributed by atoms with Crippen LogP contribution in [0.15, 0.2) is 18.2 Å². The molecular formula is C17H26ClFN2. The second-order valence-corrected chi connectivity index (χ2v) is 6.90. The van der Waals surface area contributed by atoms with E-state index in [2.05, 4.69) is 31.0 Å². The van der Waals surface area contributed by atoms with E-state index in [1.165, 1.54) is 6.07 Å². The van der Waals surface area contributed by atoms with Crippen molar-refractivity contribution in [3.63, 3.8) is 0 Å². The Balaban J connectivity index is 2.13. The van der Waals surface area contributed by atoms with Crippen molar-refractivity contribution in [2.45, 2.75) is 52.2 Å². The van der Waals surface area contributed by atoms with Gasteiger partial charge in [0.2, 0.25) is 0 Å². The van der Waals surface area contributed by atoms with Gasteiger partial charge in [0.15, 0.2) is 0 Å². The zero-order valence-electron chi connectivity index (χ0n) is 13.2. The molecule has 0 aliphatic carbocycles. The number of piperazine rings is 1. The zero-order chi connectivity index (χ0) is 15.4. The van der Waals surface area contributed by atoms with Gasteiger partial charge in [-0.25, -0.2) is 4.39 Å². The topological polar surface area (TPSA) is 15.3 Å². The number of rotatable bonds is 5. The van der Waals surface area contributed by atoms with Crippen LogP contribution in [0.5, 0.6) is 0 Å². The molecule has 1 N–H and O–H groups in total. The molecule has 0 saturated carbocycles. The van der Waals surface area contributed by atoms with Gasteiger partial charge in [-0.05, 0) is 37.0 Å². The molecule has 21 heavy (non-hydrogen) atoms. The number of hydrogen-bond donors (Lipinski definition) is 1. The summed E-state index contributed by atoms with van der Waals surface area (Å²) in [6.45, 7) is 9.27. The highest BCUT2D eigenvalue weighted by molar-refractivity contribution is 6.30. The van der Waals surface area contributed by atoms with E-state index in [4.69, 9.17) is 11.6 Å². The van der Waals surface area contributed by atoms with Crippen LogP contribution in [0.2, 0.25) is 5.02 Å². The van der Waals surface area contributed by atoms with Gasteiger partial charge in [0.25, 0.3) is 0 Å². The van der Waals surface area contributed by atoms with Crippen LogP contribution < -0.4 is 5.32 Å². The van der Waals surface area contributed by atoms with Gasteiger partial charge in [-0.3, -0.25) is 4.90 Å². The molecule has 2 nitrogen and oxygen atoms in total. The number of halogens is 2. The van der Waals surface area contributed by atoms with Crippen LogP contribution >= 0.6 is 11.6 Å². The SMILES string of the molecule is CCC1CN(Cc2cc(Cl)ccc2F)C(CC(C)C)CN1. The summed E-state index contributed by atoms with van der Waals surface area (Å²) in [5.41, 5.74) is 0.702. The van der Waals surface area contributed by atoms with Crippen molar-refractivity contribution in [1.82, 2.24) is 10.2 Å². The smallest absolute Gasteiger partial charge is 0.127 e. The molecule has 118 valence electrons. The van der Waals surface area contributed by atoms with E-state index in [0.29, 0.717) is 35.1 Å². The lowest BCUT2D eigenvalue weighted by atomic mass is 9.97. The van der Waals surface area contributed by atoms with Crippen LogP contribution in [0.25, 0.3) is 0 Å². The Hall–Kier alpha value is -0.640. The first kappa shape index (κ1) is 16.7. The van der Waals surface area contributed by atoms with Crippen LogP contribution in [0.4, 0.5) is 4.39 Å². The van der Waals surface area contributed by atoms with Gasteiger partial charge in [0.1, 0.15) is 5.82 Å². The van der Waals surface area contributed by atoms with Crippen LogP contribution in [0.1, 0.15) is 39.2 Å². The van der Waals surface area contributed by atoms with Gasteiger partial charge < -0.3 is 5.32 Å². The van der Waals surface area contributed by atoms with Gasteiger partial charge >= 0.3 is 0 Å². The predicted molar refractivity (Wildman–Crippen MR) is 87.1 cm³/mol. The fourth-order valence-electron chi connectivity index (χ4n) is 3.06. The molecule has 0 aromatic heterocycles. The third kappa shape index (κ3) is 4.67. The second kappa shape index (κ2) is 7.57. The van der Waals surface area contributed by atoms with Crippen molar-refractivity contribution in [2.24, 2.45) is 5.92 Å². The molecule has 0 bridgehead atoms. The number of nitrogens with zero attached hydrogens (tertiary/aromatic N) is 1. The first-order chi connectivity index (χ1) is 9.99. The number of nitrogens with one attached hydrogen (secondary N) is 1. The molecule has 4 heteroatoms. The molecule has 1 aromatic carbocycles. The highest BCUT2D eigenvalue weighted by Crippen LogP contribution is 2.22. The Morgan fingerprint density at radius 2 is 2.19 bits per heavy atom. The maximum absolute atomic E-state index is 14.0. The lowest BCUT2D eigenvalue weighted by Gasteiger charge is -2.41. The first-order valence-electron chi connectivity index (χ1n) is 7.91. The normalized spacial score (nSPS) is 23.7. The highest BCUT2D eigenvalue weighted by atomic mass is 35.5. The van der Waals surface area contributed by atoms with Gasteiger partial charge in [-0.15, -0.1) is 0 Å². The van der Waals surface area contributed by atoms with E-state index < -0.39 is 0 Å². The third-order valence-corrected chi connectivity index (χ3v) is 4.47. The van der Waals surface area contributed by atoms with E-state index in [-0.39, 0.29) is 5.82 Å². The third-order valence-electron chi connectivity index (χ3n) is 4.23. The molecule has 2 rings (SSSR count). The molecular weight excluding hydrogens is 287 g/mol. The molecule has 1 aliphatic heterocycles. The standard InChI is InChI=1S/C17H26ClFN2/c1-4-15-11-21(16(9-20-15)7-12(2)3)10-13-8-14(18)5-6-17(13)19/h5-6,8,12,15-16,20H,4,7,9-11H2,1-3H3. The molecule has 0 amide bonds. The Bertz CT molecular complexity index is 464. The van der Waals surface area contributed by atoms with Crippen molar-refractivity contribution in [3.05, 3.63) is 34.6 Å². The van der Waals surface area contributed by atoms with Crippen LogP contribution in [-0.4, -0.2) is 30.1 Å². The van der Waals surface area contributed by atoms with Crippen molar-refractivity contribution in [2.75, 3.05) is 13.1 Å². The van der Waals surface area contributed by atoms with Crippen molar-refractivity contribution >= 4 is 11.6 Å². The zero-order valence-corrected chi connectivity index (χ0v) is 14.0. The first-order valence-corrected chi connectivity index (χ1v) is 8.28. The lowest BCUT2D eigenvalue weighted by Crippen LogP contribution is -2.56. The van der Waals surface area contributed by atoms with Crippen LogP contribution in [0, 0.1) is 11.7 Å². The van der Waals surface area contributed by atoms with E-state index in [9.17, 15) is 4.39 Å². The van der Waals surface area contributed by atoms with Gasteiger partial charge in [0.05, 0.1) is 0 Å². The Morgan fingerprint density at radius 3 is 2.86 bits per heavy atom. The molecule has 0 radical (unpaired) electrons. The van der Waals surface area contributed by atoms with Crippen molar-refractivity contribution in [3.8, 4) is 0 Å². The maximum Gasteiger partial charge on any atom is 0.127 e. The molecule has 1 saturated heterocycles. The summed E-state index contributed by atoms with van der Waals surface area (Å²) in [6, 6.07) is 5.79. The summed E-state index contributed by atoms with van der Waals surface area (Å²) in [7, 11) is 0. The molecule has 2 atom stereocenters. The van der Waals surface area contributed by atoms with E-state index >= 15 is 0 Å². The highest BCUT2D eigenvalue weighted by Gasteiger charge is 2.28. The summed E-state index contributed by atoms with van der Waals surface area (Å²) in [5.74, 6) is 0.482. The second-order valence-electron chi connectivity index (χ2n) is 6.46. The Kier molecular flexibility index (Phi) is 6.03. The molecule has 1 aromatic rings. The average Bonchev–Trinajstić information content (AvgIpc) is 2.44. The average molecular weight is 313 g/mol.